The van der Waals surface area contributed by atoms with Gasteiger partial charge in [0, 0.05) is 6.20 Å². The molecule has 0 aliphatic rings. The lowest BCUT2D eigenvalue weighted by molar-refractivity contribution is -0.158. The molecule has 2 aromatic rings. The van der Waals surface area contributed by atoms with Crippen LogP contribution in [0.15, 0.2) is 30.5 Å². The first-order chi connectivity index (χ1) is 8.78. The van der Waals surface area contributed by atoms with E-state index in [0.29, 0.717) is 5.52 Å². The van der Waals surface area contributed by atoms with Gasteiger partial charge in [0.15, 0.2) is 0 Å². The quantitative estimate of drug-likeness (QED) is 0.774. The maximum atomic E-state index is 13.3. The molecule has 1 heterocycles. The summed E-state index contributed by atoms with van der Waals surface area (Å²) in [7, 11) is 0. The molecule has 0 aliphatic carbocycles. The predicted molar refractivity (Wildman–Crippen MR) is 72.5 cm³/mol. The van der Waals surface area contributed by atoms with Crippen LogP contribution < -0.4 is 0 Å². The van der Waals surface area contributed by atoms with Gasteiger partial charge in [-0.3, -0.25) is 0 Å². The first-order valence-electron chi connectivity index (χ1n) is 6.27. The Kier molecular flexibility index (Phi) is 3.35. The molecule has 0 fully saturated rings. The molecule has 0 amide bonds. The fraction of sp³-hybridized carbons (Fsp3) is 0.400. The molecule has 1 aromatic heterocycles. The van der Waals surface area contributed by atoms with E-state index < -0.39 is 11.6 Å². The van der Waals surface area contributed by atoms with Gasteiger partial charge in [-0.25, -0.2) is 9.18 Å². The van der Waals surface area contributed by atoms with Crippen LogP contribution in [0, 0.1) is 5.82 Å². The minimum atomic E-state index is -0.528. The maximum absolute atomic E-state index is 13.3. The van der Waals surface area contributed by atoms with Crippen LogP contribution in [0.4, 0.5) is 4.39 Å². The third-order valence-electron chi connectivity index (χ3n) is 2.85. The van der Waals surface area contributed by atoms with Crippen LogP contribution in [0.2, 0.25) is 0 Å². The lowest BCUT2D eigenvalue weighted by atomic mass is 10.2. The summed E-state index contributed by atoms with van der Waals surface area (Å²) in [5, 5.41) is 0.900. The Morgan fingerprint density at radius 3 is 2.63 bits per heavy atom. The largest absolute Gasteiger partial charge is 0.458 e. The summed E-state index contributed by atoms with van der Waals surface area (Å²) in [6.45, 7) is 7.22. The fourth-order valence-electron chi connectivity index (χ4n) is 1.96. The second-order valence-electron chi connectivity index (χ2n) is 5.64. The molecule has 4 heteroatoms. The van der Waals surface area contributed by atoms with Crippen molar-refractivity contribution >= 4 is 16.9 Å². The van der Waals surface area contributed by atoms with Gasteiger partial charge in [0.1, 0.15) is 17.5 Å². The number of fused-ring (bicyclic) bond motifs is 1. The number of hydrogen-bond donors (Lipinski definition) is 0. The van der Waals surface area contributed by atoms with Gasteiger partial charge < -0.3 is 9.30 Å². The molecule has 2 rings (SSSR count). The summed E-state index contributed by atoms with van der Waals surface area (Å²) in [4.78, 5) is 12.0. The summed E-state index contributed by atoms with van der Waals surface area (Å²) < 4.78 is 20.4. The molecule has 0 saturated carbocycles. The normalized spacial score (nSPS) is 13.5. The van der Waals surface area contributed by atoms with E-state index in [9.17, 15) is 9.18 Å². The first kappa shape index (κ1) is 13.6. The van der Waals surface area contributed by atoms with Crippen molar-refractivity contribution in [2.24, 2.45) is 0 Å². The van der Waals surface area contributed by atoms with E-state index in [-0.39, 0.29) is 11.8 Å². The number of ether oxygens (including phenoxy) is 1. The standard InChI is InChI=1S/C15H18FNO2/c1-10(14(18)19-15(2,3)4)17-8-7-11-5-6-12(16)9-13(11)17/h5-10H,1-4H3. The van der Waals surface area contributed by atoms with Gasteiger partial charge >= 0.3 is 5.97 Å². The van der Waals surface area contributed by atoms with Gasteiger partial charge in [-0.2, -0.15) is 0 Å². The zero-order chi connectivity index (χ0) is 14.2. The van der Waals surface area contributed by atoms with Gasteiger partial charge in [-0.15, -0.1) is 0 Å². The second-order valence-corrected chi connectivity index (χ2v) is 5.64. The molecule has 0 aliphatic heterocycles. The highest BCUT2D eigenvalue weighted by atomic mass is 19.1. The average molecular weight is 263 g/mol. The summed E-state index contributed by atoms with van der Waals surface area (Å²) in [6, 6.07) is 5.90. The molecule has 0 spiro atoms. The number of nitrogens with zero attached hydrogens (tertiary/aromatic N) is 1. The van der Waals surface area contributed by atoms with Gasteiger partial charge in [0.25, 0.3) is 0 Å². The summed E-state index contributed by atoms with van der Waals surface area (Å²) in [6.07, 6.45) is 1.78. The molecule has 0 radical (unpaired) electrons. The summed E-state index contributed by atoms with van der Waals surface area (Å²) >= 11 is 0. The number of carbonyl (C=O) groups excluding carboxylic acids is 1. The van der Waals surface area contributed by atoms with Crippen molar-refractivity contribution in [2.45, 2.75) is 39.3 Å². The number of hydrogen-bond acceptors (Lipinski definition) is 2. The Morgan fingerprint density at radius 2 is 2.00 bits per heavy atom. The SMILES string of the molecule is CC(C(=O)OC(C)(C)C)n1ccc2ccc(F)cc21. The van der Waals surface area contributed by atoms with Crippen LogP contribution in [0.3, 0.4) is 0 Å². The predicted octanol–water partition coefficient (Wildman–Crippen LogP) is 3.68. The van der Waals surface area contributed by atoms with Crippen LogP contribution in [-0.4, -0.2) is 16.1 Å². The summed E-state index contributed by atoms with van der Waals surface area (Å²) in [5.41, 5.74) is 0.165. The number of esters is 1. The highest BCUT2D eigenvalue weighted by molar-refractivity contribution is 5.83. The highest BCUT2D eigenvalue weighted by Gasteiger charge is 2.23. The fourth-order valence-corrected chi connectivity index (χ4v) is 1.96. The Bertz CT molecular complexity index is 610. The molecule has 102 valence electrons. The van der Waals surface area contributed by atoms with E-state index in [1.807, 2.05) is 26.8 Å². The van der Waals surface area contributed by atoms with E-state index in [4.69, 9.17) is 4.74 Å². The Labute approximate surface area is 112 Å². The Hall–Kier alpha value is -1.84. The molecule has 0 N–H and O–H groups in total. The van der Waals surface area contributed by atoms with Crippen LogP contribution in [-0.2, 0) is 9.53 Å². The van der Waals surface area contributed by atoms with E-state index in [0.717, 1.165) is 5.39 Å². The van der Waals surface area contributed by atoms with Gasteiger partial charge in [-0.05, 0) is 57.3 Å². The third kappa shape index (κ3) is 2.95. The molecule has 1 unspecified atom stereocenters. The van der Waals surface area contributed by atoms with Crippen molar-refractivity contribution in [3.63, 3.8) is 0 Å². The molecule has 3 nitrogen and oxygen atoms in total. The number of aromatic nitrogens is 1. The van der Waals surface area contributed by atoms with Crippen molar-refractivity contribution in [1.82, 2.24) is 4.57 Å². The molecule has 1 atom stereocenters. The van der Waals surface area contributed by atoms with E-state index in [1.165, 1.54) is 12.1 Å². The zero-order valence-electron chi connectivity index (χ0n) is 11.6. The molecule has 1 aromatic carbocycles. The lowest BCUT2D eigenvalue weighted by Gasteiger charge is -2.23. The molecule has 19 heavy (non-hydrogen) atoms. The smallest absolute Gasteiger partial charge is 0.329 e. The molecular weight excluding hydrogens is 245 g/mol. The van der Waals surface area contributed by atoms with Crippen LogP contribution >= 0.6 is 0 Å². The van der Waals surface area contributed by atoms with Crippen molar-refractivity contribution < 1.29 is 13.9 Å². The van der Waals surface area contributed by atoms with Crippen LogP contribution in [0.1, 0.15) is 33.7 Å². The summed E-state index contributed by atoms with van der Waals surface area (Å²) in [5.74, 6) is -0.641. The molecule has 0 saturated heterocycles. The number of rotatable bonds is 2. The van der Waals surface area contributed by atoms with Crippen LogP contribution in [0.5, 0.6) is 0 Å². The van der Waals surface area contributed by atoms with Crippen molar-refractivity contribution in [3.05, 3.63) is 36.3 Å². The van der Waals surface area contributed by atoms with Gasteiger partial charge in [-0.1, -0.05) is 0 Å². The third-order valence-corrected chi connectivity index (χ3v) is 2.85. The van der Waals surface area contributed by atoms with Crippen molar-refractivity contribution in [3.8, 4) is 0 Å². The van der Waals surface area contributed by atoms with E-state index >= 15 is 0 Å². The van der Waals surface area contributed by atoms with Crippen molar-refractivity contribution in [1.29, 1.82) is 0 Å². The van der Waals surface area contributed by atoms with E-state index in [1.54, 1.807) is 23.8 Å². The highest BCUT2D eigenvalue weighted by Crippen LogP contribution is 2.23. The molecular formula is C15H18FNO2. The van der Waals surface area contributed by atoms with Crippen molar-refractivity contribution in [2.75, 3.05) is 0 Å². The number of carbonyl (C=O) groups is 1. The lowest BCUT2D eigenvalue weighted by Crippen LogP contribution is -2.28. The Morgan fingerprint density at radius 1 is 1.32 bits per heavy atom. The second kappa shape index (κ2) is 4.68. The molecule has 0 bridgehead atoms. The maximum Gasteiger partial charge on any atom is 0.329 e. The van der Waals surface area contributed by atoms with Gasteiger partial charge in [0.05, 0.1) is 5.52 Å². The van der Waals surface area contributed by atoms with Gasteiger partial charge in [0.2, 0.25) is 0 Å². The Balaban J connectivity index is 2.33. The van der Waals surface area contributed by atoms with E-state index in [2.05, 4.69) is 0 Å². The number of benzene rings is 1. The average Bonchev–Trinajstić information content (AvgIpc) is 2.68. The minimum Gasteiger partial charge on any atom is -0.458 e. The first-order valence-corrected chi connectivity index (χ1v) is 6.27. The topological polar surface area (TPSA) is 31.2 Å². The van der Waals surface area contributed by atoms with Crippen LogP contribution in [0.25, 0.3) is 10.9 Å². The minimum absolute atomic E-state index is 0.316. The monoisotopic (exact) mass is 263 g/mol. The zero-order valence-corrected chi connectivity index (χ0v) is 11.6. The number of halogens is 1.